The minimum Gasteiger partial charge on any atom is -0.351 e. The molecule has 1 aromatic carbocycles. The Balaban J connectivity index is 1.39. The minimum absolute atomic E-state index is 0.143. The summed E-state index contributed by atoms with van der Waals surface area (Å²) in [7, 11) is 3.85. The van der Waals surface area contributed by atoms with Gasteiger partial charge in [-0.25, -0.2) is 9.37 Å². The number of aromatic nitrogens is 5. The second-order valence-electron chi connectivity index (χ2n) is 8.56. The van der Waals surface area contributed by atoms with Crippen molar-refractivity contribution in [3.05, 3.63) is 53.7 Å². The average Bonchev–Trinajstić information content (AvgIpc) is 3.28. The number of hydrogen-bond donors (Lipinski definition) is 0. The minimum atomic E-state index is -0.437. The maximum atomic E-state index is 13.9. The molecular formula is C22H25FN8O. The van der Waals surface area contributed by atoms with E-state index in [9.17, 15) is 9.18 Å². The molecule has 3 aromatic rings. The lowest BCUT2D eigenvalue weighted by Gasteiger charge is -2.54. The molecule has 9 nitrogen and oxygen atoms in total. The standard InChI is InChI=1S/C22H25FN8O/c1-14-10-20(27-22(26-14)28(2)3)30-12-15-6-9-29(13-19(15)30)21(32)17-5-4-16(23)11-18(17)31-24-7-8-25-31/h4-5,7-8,10-11,15,19H,6,9,12-13H2,1-3H3/t15-,19-/m0/s1. The molecule has 0 spiro atoms. The van der Waals surface area contributed by atoms with Crippen LogP contribution in [0.1, 0.15) is 22.5 Å². The van der Waals surface area contributed by atoms with Gasteiger partial charge in [0.1, 0.15) is 17.3 Å². The molecule has 2 aromatic heterocycles. The van der Waals surface area contributed by atoms with E-state index in [1.165, 1.54) is 35.4 Å². The van der Waals surface area contributed by atoms with E-state index in [1.807, 2.05) is 36.9 Å². The molecule has 0 N–H and O–H groups in total. The van der Waals surface area contributed by atoms with Crippen LogP contribution in [0, 0.1) is 18.7 Å². The van der Waals surface area contributed by atoms with Gasteiger partial charge in [-0.05, 0) is 25.5 Å². The van der Waals surface area contributed by atoms with E-state index in [1.54, 1.807) is 0 Å². The summed E-state index contributed by atoms with van der Waals surface area (Å²) in [6, 6.07) is 6.30. The van der Waals surface area contributed by atoms with Crippen molar-refractivity contribution in [1.82, 2.24) is 29.9 Å². The van der Waals surface area contributed by atoms with E-state index in [2.05, 4.69) is 20.1 Å². The summed E-state index contributed by atoms with van der Waals surface area (Å²) in [5.41, 5.74) is 1.64. The molecule has 0 saturated carbocycles. The third kappa shape index (κ3) is 3.55. The van der Waals surface area contributed by atoms with E-state index in [-0.39, 0.29) is 11.9 Å². The molecule has 5 rings (SSSR count). The number of rotatable bonds is 4. The zero-order chi connectivity index (χ0) is 22.4. The molecule has 2 aliphatic heterocycles. The molecule has 0 bridgehead atoms. The number of carbonyl (C=O) groups is 1. The Morgan fingerprint density at radius 2 is 1.91 bits per heavy atom. The molecule has 2 aliphatic rings. The predicted molar refractivity (Wildman–Crippen MR) is 118 cm³/mol. The van der Waals surface area contributed by atoms with Crippen LogP contribution in [-0.4, -0.2) is 75.5 Å². The molecular weight excluding hydrogens is 411 g/mol. The lowest BCUT2D eigenvalue weighted by atomic mass is 9.82. The molecule has 0 unspecified atom stereocenters. The van der Waals surface area contributed by atoms with Crippen LogP contribution in [0.4, 0.5) is 16.2 Å². The van der Waals surface area contributed by atoms with Crippen molar-refractivity contribution < 1.29 is 9.18 Å². The molecule has 32 heavy (non-hydrogen) atoms. The zero-order valence-electron chi connectivity index (χ0n) is 18.3. The average molecular weight is 436 g/mol. The first-order valence-corrected chi connectivity index (χ1v) is 10.7. The Hall–Kier alpha value is -3.56. The second-order valence-corrected chi connectivity index (χ2v) is 8.56. The summed E-state index contributed by atoms with van der Waals surface area (Å²) >= 11 is 0. The van der Waals surface area contributed by atoms with Crippen LogP contribution >= 0.6 is 0 Å². The van der Waals surface area contributed by atoms with Gasteiger partial charge in [-0.15, -0.1) is 0 Å². The summed E-state index contributed by atoms with van der Waals surface area (Å²) in [5.74, 6) is 1.51. The fourth-order valence-corrected chi connectivity index (χ4v) is 4.49. The lowest BCUT2D eigenvalue weighted by molar-refractivity contribution is 0.0590. The molecule has 166 valence electrons. The largest absolute Gasteiger partial charge is 0.351 e. The Labute approximate surface area is 185 Å². The first-order chi connectivity index (χ1) is 15.4. The van der Waals surface area contributed by atoms with Gasteiger partial charge >= 0.3 is 0 Å². The van der Waals surface area contributed by atoms with Gasteiger partial charge in [-0.1, -0.05) is 0 Å². The van der Waals surface area contributed by atoms with Gasteiger partial charge in [0.2, 0.25) is 5.95 Å². The maximum Gasteiger partial charge on any atom is 0.256 e. The van der Waals surface area contributed by atoms with Crippen molar-refractivity contribution >= 4 is 17.7 Å². The van der Waals surface area contributed by atoms with Crippen molar-refractivity contribution in [3.8, 4) is 5.69 Å². The lowest BCUT2D eigenvalue weighted by Crippen LogP contribution is -2.65. The van der Waals surface area contributed by atoms with Gasteiger partial charge < -0.3 is 14.7 Å². The van der Waals surface area contributed by atoms with Crippen LogP contribution in [0.15, 0.2) is 36.7 Å². The number of fused-ring (bicyclic) bond motifs is 1. The summed E-state index contributed by atoms with van der Waals surface area (Å²) in [6.45, 7) is 4.15. The monoisotopic (exact) mass is 436 g/mol. The topological polar surface area (TPSA) is 83.3 Å². The fourth-order valence-electron chi connectivity index (χ4n) is 4.49. The van der Waals surface area contributed by atoms with Crippen LogP contribution < -0.4 is 9.80 Å². The van der Waals surface area contributed by atoms with Gasteiger partial charge in [0.25, 0.3) is 5.91 Å². The fraction of sp³-hybridized carbons (Fsp3) is 0.409. The normalized spacial score (nSPS) is 20.0. The molecule has 2 atom stereocenters. The van der Waals surface area contributed by atoms with Gasteiger partial charge in [0, 0.05) is 57.5 Å². The van der Waals surface area contributed by atoms with Crippen molar-refractivity contribution in [2.75, 3.05) is 43.5 Å². The van der Waals surface area contributed by atoms with Gasteiger partial charge in [0.05, 0.1) is 24.0 Å². The highest BCUT2D eigenvalue weighted by Crippen LogP contribution is 2.37. The van der Waals surface area contributed by atoms with Gasteiger partial charge in [-0.2, -0.15) is 20.0 Å². The number of amides is 1. The number of anilines is 2. The number of halogens is 1. The Morgan fingerprint density at radius 1 is 1.12 bits per heavy atom. The van der Waals surface area contributed by atoms with Crippen LogP contribution in [0.2, 0.25) is 0 Å². The number of likely N-dealkylation sites (tertiary alicyclic amines) is 1. The summed E-state index contributed by atoms with van der Waals surface area (Å²) < 4.78 is 13.9. The number of carbonyl (C=O) groups excluding carboxylic acids is 1. The van der Waals surface area contributed by atoms with Crippen molar-refractivity contribution in [2.45, 2.75) is 19.4 Å². The molecule has 2 saturated heterocycles. The highest BCUT2D eigenvalue weighted by atomic mass is 19.1. The number of nitrogens with zero attached hydrogens (tertiary/aromatic N) is 8. The first-order valence-electron chi connectivity index (χ1n) is 10.7. The van der Waals surface area contributed by atoms with E-state index in [4.69, 9.17) is 4.98 Å². The van der Waals surface area contributed by atoms with Crippen LogP contribution in [-0.2, 0) is 0 Å². The SMILES string of the molecule is Cc1cc(N2C[C@@H]3CCN(C(=O)c4ccc(F)cc4-n4nccn4)C[C@@H]32)nc(N(C)C)n1. The highest BCUT2D eigenvalue weighted by Gasteiger charge is 2.44. The number of aryl methyl sites for hydroxylation is 1. The van der Waals surface area contributed by atoms with Crippen molar-refractivity contribution in [1.29, 1.82) is 0 Å². The molecule has 2 fully saturated rings. The predicted octanol–water partition coefficient (Wildman–Crippen LogP) is 1.92. The Bertz CT molecular complexity index is 1150. The van der Waals surface area contributed by atoms with Crippen LogP contribution in [0.25, 0.3) is 5.69 Å². The molecule has 0 aliphatic carbocycles. The van der Waals surface area contributed by atoms with Crippen molar-refractivity contribution in [3.63, 3.8) is 0 Å². The maximum absolute atomic E-state index is 13.9. The molecule has 4 heterocycles. The molecule has 10 heteroatoms. The molecule has 1 amide bonds. The quantitative estimate of drug-likeness (QED) is 0.618. The smallest absolute Gasteiger partial charge is 0.256 e. The third-order valence-corrected chi connectivity index (χ3v) is 6.19. The van der Waals surface area contributed by atoms with E-state index >= 15 is 0 Å². The molecule has 0 radical (unpaired) electrons. The summed E-state index contributed by atoms with van der Waals surface area (Å²) in [4.78, 5) is 29.9. The van der Waals surface area contributed by atoms with E-state index < -0.39 is 5.82 Å². The highest BCUT2D eigenvalue weighted by molar-refractivity contribution is 5.97. The van der Waals surface area contributed by atoms with Gasteiger partial charge in [-0.3, -0.25) is 4.79 Å². The summed E-state index contributed by atoms with van der Waals surface area (Å²) in [5, 5.41) is 8.16. The zero-order valence-corrected chi connectivity index (χ0v) is 18.3. The van der Waals surface area contributed by atoms with Crippen LogP contribution in [0.5, 0.6) is 0 Å². The van der Waals surface area contributed by atoms with Gasteiger partial charge in [0.15, 0.2) is 0 Å². The first kappa shape index (κ1) is 20.3. The number of piperidine rings is 1. The second kappa shape index (κ2) is 7.85. The Kier molecular flexibility index (Phi) is 4.99. The summed E-state index contributed by atoms with van der Waals surface area (Å²) in [6.07, 6.45) is 3.93. The third-order valence-electron chi connectivity index (χ3n) is 6.19. The van der Waals surface area contributed by atoms with E-state index in [0.29, 0.717) is 36.2 Å². The Morgan fingerprint density at radius 3 is 2.66 bits per heavy atom. The van der Waals surface area contributed by atoms with Crippen LogP contribution in [0.3, 0.4) is 0 Å². The van der Waals surface area contributed by atoms with E-state index in [0.717, 1.165) is 24.5 Å². The number of hydrogen-bond acceptors (Lipinski definition) is 7. The number of benzene rings is 1. The van der Waals surface area contributed by atoms with Crippen molar-refractivity contribution in [2.24, 2.45) is 5.92 Å².